The molecule has 2 aromatic heterocycles. The monoisotopic (exact) mass is 286 g/mol. The van der Waals surface area contributed by atoms with Crippen LogP contribution in [-0.4, -0.2) is 20.8 Å². The van der Waals surface area contributed by atoms with Gasteiger partial charge >= 0.3 is 0 Å². The van der Waals surface area contributed by atoms with Crippen molar-refractivity contribution in [2.45, 2.75) is 36.9 Å². The summed E-state index contributed by atoms with van der Waals surface area (Å²) in [4.78, 5) is 21.0. The highest BCUT2D eigenvalue weighted by atomic mass is 32.2. The zero-order chi connectivity index (χ0) is 14.1. The van der Waals surface area contributed by atoms with Gasteiger partial charge < -0.3 is 0 Å². The average Bonchev–Trinajstić information content (AvgIpc) is 2.99. The minimum atomic E-state index is -0.133. The first kappa shape index (κ1) is 13.1. The van der Waals surface area contributed by atoms with Crippen LogP contribution in [0.4, 0.5) is 0 Å². The Bertz CT molecular complexity index is 756. The molecule has 0 N–H and O–H groups in total. The molecule has 1 fully saturated rings. The Kier molecular flexibility index (Phi) is 3.45. The summed E-state index contributed by atoms with van der Waals surface area (Å²) in [5.74, 6) is 0. The van der Waals surface area contributed by atoms with Gasteiger partial charge in [-0.2, -0.15) is 5.26 Å². The molecule has 1 saturated carbocycles. The van der Waals surface area contributed by atoms with Crippen LogP contribution in [0.3, 0.4) is 0 Å². The van der Waals surface area contributed by atoms with Gasteiger partial charge in [-0.25, -0.2) is 9.97 Å². The molecule has 5 nitrogen and oxygen atoms in total. The van der Waals surface area contributed by atoms with E-state index in [9.17, 15) is 10.1 Å². The molecule has 1 aliphatic rings. The molecular formula is C14H14N4OS. The molecule has 3 rings (SSSR count). The third-order valence-electron chi connectivity index (χ3n) is 3.76. The Morgan fingerprint density at radius 2 is 2.20 bits per heavy atom. The number of nitrogens with zero attached hydrogens (tertiary/aromatic N) is 4. The van der Waals surface area contributed by atoms with Crippen LogP contribution >= 0.6 is 11.8 Å². The van der Waals surface area contributed by atoms with Crippen molar-refractivity contribution in [3.8, 4) is 6.07 Å². The molecule has 0 spiro atoms. The van der Waals surface area contributed by atoms with E-state index in [1.807, 2.05) is 6.26 Å². The van der Waals surface area contributed by atoms with Crippen LogP contribution in [0.25, 0.3) is 11.0 Å². The second-order valence-corrected chi connectivity index (χ2v) is 5.68. The van der Waals surface area contributed by atoms with Crippen molar-refractivity contribution in [2.24, 2.45) is 0 Å². The van der Waals surface area contributed by atoms with Crippen molar-refractivity contribution < 1.29 is 0 Å². The van der Waals surface area contributed by atoms with E-state index in [2.05, 4.69) is 16.0 Å². The summed E-state index contributed by atoms with van der Waals surface area (Å²) in [5.41, 5.74) is 0.818. The SMILES string of the molecule is CSc1ncc2c(C#N)cc(=O)n(C3CCCC3)c2n1. The van der Waals surface area contributed by atoms with Crippen LogP contribution in [-0.2, 0) is 0 Å². The molecule has 0 unspecified atom stereocenters. The molecule has 0 aliphatic heterocycles. The maximum atomic E-state index is 12.3. The van der Waals surface area contributed by atoms with Gasteiger partial charge in [-0.3, -0.25) is 9.36 Å². The number of hydrogen-bond acceptors (Lipinski definition) is 5. The van der Waals surface area contributed by atoms with Gasteiger partial charge in [0.05, 0.1) is 10.9 Å². The molecule has 0 atom stereocenters. The van der Waals surface area contributed by atoms with Gasteiger partial charge in [-0.1, -0.05) is 24.6 Å². The predicted octanol–water partition coefficient (Wildman–Crippen LogP) is 2.50. The number of hydrogen-bond donors (Lipinski definition) is 0. The zero-order valence-electron chi connectivity index (χ0n) is 11.2. The van der Waals surface area contributed by atoms with E-state index >= 15 is 0 Å². The summed E-state index contributed by atoms with van der Waals surface area (Å²) in [6.07, 6.45) is 7.82. The van der Waals surface area contributed by atoms with Crippen molar-refractivity contribution in [1.29, 1.82) is 5.26 Å². The number of rotatable bonds is 2. The summed E-state index contributed by atoms with van der Waals surface area (Å²) < 4.78 is 1.75. The highest BCUT2D eigenvalue weighted by Crippen LogP contribution is 2.31. The predicted molar refractivity (Wildman–Crippen MR) is 77.8 cm³/mol. The first-order valence-electron chi connectivity index (χ1n) is 6.61. The maximum Gasteiger partial charge on any atom is 0.253 e. The van der Waals surface area contributed by atoms with Crippen LogP contribution in [0.2, 0.25) is 0 Å². The summed E-state index contributed by atoms with van der Waals surface area (Å²) >= 11 is 1.43. The topological polar surface area (TPSA) is 71.6 Å². The summed E-state index contributed by atoms with van der Waals surface area (Å²) in [6, 6.07) is 3.67. The quantitative estimate of drug-likeness (QED) is 0.626. The first-order valence-corrected chi connectivity index (χ1v) is 7.83. The van der Waals surface area contributed by atoms with Crippen LogP contribution < -0.4 is 5.56 Å². The molecule has 6 heteroatoms. The van der Waals surface area contributed by atoms with E-state index in [4.69, 9.17) is 0 Å². The number of nitriles is 1. The van der Waals surface area contributed by atoms with Crippen LogP contribution in [0.15, 0.2) is 22.2 Å². The lowest BCUT2D eigenvalue weighted by atomic mass is 10.1. The van der Waals surface area contributed by atoms with E-state index in [1.54, 1.807) is 10.8 Å². The second-order valence-electron chi connectivity index (χ2n) is 4.91. The number of fused-ring (bicyclic) bond motifs is 1. The van der Waals surface area contributed by atoms with Gasteiger partial charge in [-0.15, -0.1) is 0 Å². The van der Waals surface area contributed by atoms with Gasteiger partial charge in [0.1, 0.15) is 11.7 Å². The fourth-order valence-corrected chi connectivity index (χ4v) is 3.15. The van der Waals surface area contributed by atoms with E-state index in [0.717, 1.165) is 25.7 Å². The Balaban J connectivity index is 2.34. The van der Waals surface area contributed by atoms with Crippen molar-refractivity contribution in [3.63, 3.8) is 0 Å². The van der Waals surface area contributed by atoms with Gasteiger partial charge in [-0.05, 0) is 19.1 Å². The molecule has 0 bridgehead atoms. The van der Waals surface area contributed by atoms with Crippen molar-refractivity contribution in [2.75, 3.05) is 6.26 Å². The van der Waals surface area contributed by atoms with Crippen LogP contribution in [0, 0.1) is 11.3 Å². The lowest BCUT2D eigenvalue weighted by Gasteiger charge is -2.16. The first-order chi connectivity index (χ1) is 9.74. The van der Waals surface area contributed by atoms with Crippen LogP contribution in [0.1, 0.15) is 37.3 Å². The normalized spacial score (nSPS) is 15.6. The molecule has 2 heterocycles. The van der Waals surface area contributed by atoms with Crippen molar-refractivity contribution in [1.82, 2.24) is 14.5 Å². The van der Waals surface area contributed by atoms with E-state index in [0.29, 0.717) is 21.8 Å². The number of aromatic nitrogens is 3. The van der Waals surface area contributed by atoms with E-state index < -0.39 is 0 Å². The van der Waals surface area contributed by atoms with E-state index in [1.165, 1.54) is 17.8 Å². The lowest BCUT2D eigenvalue weighted by molar-refractivity contribution is 0.514. The third-order valence-corrected chi connectivity index (χ3v) is 4.32. The maximum absolute atomic E-state index is 12.3. The molecule has 102 valence electrons. The molecule has 0 radical (unpaired) electrons. The highest BCUT2D eigenvalue weighted by molar-refractivity contribution is 7.98. The number of thioether (sulfide) groups is 1. The largest absolute Gasteiger partial charge is 0.289 e. The Labute approximate surface area is 120 Å². The summed E-state index contributed by atoms with van der Waals surface area (Å²) in [6.45, 7) is 0. The molecule has 2 aromatic rings. The molecule has 0 saturated heterocycles. The van der Waals surface area contributed by atoms with Crippen molar-refractivity contribution >= 4 is 22.8 Å². The smallest absolute Gasteiger partial charge is 0.253 e. The van der Waals surface area contributed by atoms with E-state index in [-0.39, 0.29) is 11.6 Å². The molecule has 0 aromatic carbocycles. The minimum Gasteiger partial charge on any atom is -0.289 e. The fourth-order valence-electron chi connectivity index (χ4n) is 2.81. The Hall–Kier alpha value is -1.87. The highest BCUT2D eigenvalue weighted by Gasteiger charge is 2.22. The fraction of sp³-hybridized carbons (Fsp3) is 0.429. The second kappa shape index (κ2) is 5.25. The molecule has 1 aliphatic carbocycles. The minimum absolute atomic E-state index is 0.133. The molecule has 20 heavy (non-hydrogen) atoms. The Morgan fingerprint density at radius 1 is 1.45 bits per heavy atom. The summed E-state index contributed by atoms with van der Waals surface area (Å²) in [7, 11) is 0. The summed E-state index contributed by atoms with van der Waals surface area (Å²) in [5, 5.41) is 10.5. The van der Waals surface area contributed by atoms with Crippen LogP contribution in [0.5, 0.6) is 0 Å². The Morgan fingerprint density at radius 3 is 2.85 bits per heavy atom. The number of pyridine rings is 1. The standard InChI is InChI=1S/C14H14N4OS/c1-20-14-16-8-11-9(7-15)6-12(19)18(13(11)17-14)10-4-2-3-5-10/h6,8,10H,2-5H2,1H3. The van der Waals surface area contributed by atoms with Crippen molar-refractivity contribution in [3.05, 3.63) is 28.2 Å². The average molecular weight is 286 g/mol. The lowest BCUT2D eigenvalue weighted by Crippen LogP contribution is -2.24. The van der Waals surface area contributed by atoms with Gasteiger partial charge in [0.25, 0.3) is 5.56 Å². The molecular weight excluding hydrogens is 272 g/mol. The van der Waals surface area contributed by atoms with Gasteiger partial charge in [0.2, 0.25) is 0 Å². The zero-order valence-corrected chi connectivity index (χ0v) is 12.0. The third kappa shape index (κ3) is 2.08. The molecule has 0 amide bonds. The van der Waals surface area contributed by atoms with Gasteiger partial charge in [0, 0.05) is 18.3 Å². The van der Waals surface area contributed by atoms with Gasteiger partial charge in [0.15, 0.2) is 5.16 Å².